The fourth-order valence-electron chi connectivity index (χ4n) is 2.62. The number of nitrogens with zero attached hydrogens (tertiary/aromatic N) is 1. The molecule has 21 heavy (non-hydrogen) atoms. The van der Waals surface area contributed by atoms with Gasteiger partial charge in [0, 0.05) is 12.1 Å². The summed E-state index contributed by atoms with van der Waals surface area (Å²) in [5, 5.41) is 2.05. The van der Waals surface area contributed by atoms with E-state index in [4.69, 9.17) is 0 Å². The van der Waals surface area contributed by atoms with Crippen LogP contribution in [0.5, 0.6) is 0 Å². The zero-order valence-corrected chi connectivity index (χ0v) is 14.0. The van der Waals surface area contributed by atoms with Crippen LogP contribution in [0.1, 0.15) is 23.1 Å². The molecule has 0 bridgehead atoms. The first kappa shape index (κ1) is 14.7. The largest absolute Gasteiger partial charge is 0.309 e. The molecule has 0 fully saturated rings. The summed E-state index contributed by atoms with van der Waals surface area (Å²) in [7, 11) is 3.25. The van der Waals surface area contributed by atoms with Crippen LogP contribution in [-0.4, -0.2) is 29.7 Å². The van der Waals surface area contributed by atoms with Gasteiger partial charge in [-0.05, 0) is 48.7 Å². The van der Waals surface area contributed by atoms with Crippen molar-refractivity contribution in [1.29, 1.82) is 0 Å². The third-order valence-electron chi connectivity index (χ3n) is 3.65. The second-order valence-electron chi connectivity index (χ2n) is 5.48. The van der Waals surface area contributed by atoms with E-state index >= 15 is 0 Å². The monoisotopic (exact) mass is 317 g/mol. The molecule has 3 rings (SSSR count). The maximum Gasteiger partial charge on any atom is 0.0992 e. The van der Waals surface area contributed by atoms with E-state index < -0.39 is 10.8 Å². The fraction of sp³-hybridized carbons (Fsp3) is 0.294. The summed E-state index contributed by atoms with van der Waals surface area (Å²) in [5.41, 5.74) is 4.83. The summed E-state index contributed by atoms with van der Waals surface area (Å²) in [6.07, 6.45) is 3.30. The van der Waals surface area contributed by atoms with Crippen molar-refractivity contribution in [2.24, 2.45) is 0 Å². The SMILES string of the molecule is CN(C)CCC=C1c2ccccc2CS(=O)c2sccc21. The van der Waals surface area contributed by atoms with Crippen molar-refractivity contribution in [2.45, 2.75) is 16.4 Å². The molecule has 4 heteroatoms. The Morgan fingerprint density at radius 1 is 1.24 bits per heavy atom. The first-order valence-corrected chi connectivity index (χ1v) is 9.26. The quantitative estimate of drug-likeness (QED) is 0.859. The molecule has 0 radical (unpaired) electrons. The van der Waals surface area contributed by atoms with Gasteiger partial charge in [0.2, 0.25) is 0 Å². The van der Waals surface area contributed by atoms with Gasteiger partial charge in [0.15, 0.2) is 0 Å². The predicted octanol–water partition coefficient (Wildman–Crippen LogP) is 3.75. The van der Waals surface area contributed by atoms with Gasteiger partial charge in [-0.25, -0.2) is 0 Å². The maximum absolute atomic E-state index is 12.5. The molecule has 2 aromatic rings. The number of hydrogen-bond acceptors (Lipinski definition) is 3. The van der Waals surface area contributed by atoms with E-state index in [9.17, 15) is 4.21 Å². The predicted molar refractivity (Wildman–Crippen MR) is 91.1 cm³/mol. The number of benzene rings is 1. The molecule has 2 heterocycles. The first-order valence-electron chi connectivity index (χ1n) is 7.06. The molecular formula is C17H19NOS2. The Hall–Kier alpha value is -1.23. The van der Waals surface area contributed by atoms with Gasteiger partial charge in [0.25, 0.3) is 0 Å². The van der Waals surface area contributed by atoms with Crippen LogP contribution in [0, 0.1) is 0 Å². The lowest BCUT2D eigenvalue weighted by molar-refractivity contribution is 0.417. The van der Waals surface area contributed by atoms with Crippen LogP contribution >= 0.6 is 11.3 Å². The molecule has 0 spiro atoms. The summed E-state index contributed by atoms with van der Waals surface area (Å²) < 4.78 is 13.6. The molecule has 110 valence electrons. The van der Waals surface area contributed by atoms with Crippen LogP contribution in [-0.2, 0) is 16.6 Å². The minimum Gasteiger partial charge on any atom is -0.309 e. The Morgan fingerprint density at radius 3 is 2.86 bits per heavy atom. The normalized spacial score (nSPS) is 19.4. The molecule has 1 atom stereocenters. The molecule has 1 unspecified atom stereocenters. The van der Waals surface area contributed by atoms with Crippen molar-refractivity contribution in [1.82, 2.24) is 4.90 Å². The van der Waals surface area contributed by atoms with Crippen molar-refractivity contribution in [3.05, 3.63) is 58.5 Å². The van der Waals surface area contributed by atoms with E-state index in [1.165, 1.54) is 16.7 Å². The molecule has 0 amide bonds. The van der Waals surface area contributed by atoms with E-state index in [1.807, 2.05) is 6.07 Å². The highest BCUT2D eigenvalue weighted by molar-refractivity contribution is 7.86. The van der Waals surface area contributed by atoms with Crippen LogP contribution in [0.3, 0.4) is 0 Å². The van der Waals surface area contributed by atoms with E-state index in [0.717, 1.165) is 22.7 Å². The minimum absolute atomic E-state index is 0.620. The highest BCUT2D eigenvalue weighted by Gasteiger charge is 2.23. The van der Waals surface area contributed by atoms with Crippen LogP contribution in [0.25, 0.3) is 5.57 Å². The van der Waals surface area contributed by atoms with Gasteiger partial charge in [-0.15, -0.1) is 11.3 Å². The minimum atomic E-state index is -0.931. The summed E-state index contributed by atoms with van der Waals surface area (Å²) in [6, 6.07) is 10.5. The third kappa shape index (κ3) is 3.03. The second-order valence-corrected chi connectivity index (χ2v) is 8.04. The van der Waals surface area contributed by atoms with Gasteiger partial charge in [0.05, 0.1) is 20.8 Å². The molecule has 1 aliphatic rings. The molecule has 1 aliphatic heterocycles. The zero-order chi connectivity index (χ0) is 14.8. The Labute approximate surface area is 132 Å². The Balaban J connectivity index is 2.10. The molecule has 0 N–H and O–H groups in total. The van der Waals surface area contributed by atoms with Gasteiger partial charge >= 0.3 is 0 Å². The molecule has 1 aromatic heterocycles. The Kier molecular flexibility index (Phi) is 4.38. The molecule has 1 aromatic carbocycles. The number of fused-ring (bicyclic) bond motifs is 2. The summed E-state index contributed by atoms with van der Waals surface area (Å²) in [6.45, 7) is 1.02. The lowest BCUT2D eigenvalue weighted by atomic mass is 9.95. The maximum atomic E-state index is 12.5. The first-order chi connectivity index (χ1) is 10.2. The van der Waals surface area contributed by atoms with Gasteiger partial charge in [-0.3, -0.25) is 4.21 Å². The molecule has 2 nitrogen and oxygen atoms in total. The van der Waals surface area contributed by atoms with Crippen molar-refractivity contribution < 1.29 is 4.21 Å². The topological polar surface area (TPSA) is 20.3 Å². The van der Waals surface area contributed by atoms with Crippen molar-refractivity contribution in [3.63, 3.8) is 0 Å². The fourth-order valence-corrected chi connectivity index (χ4v) is 5.11. The van der Waals surface area contributed by atoms with Crippen LogP contribution in [0.15, 0.2) is 46.0 Å². The highest BCUT2D eigenvalue weighted by atomic mass is 32.2. The lowest BCUT2D eigenvalue weighted by Gasteiger charge is -2.11. The number of rotatable bonds is 3. The van der Waals surface area contributed by atoms with E-state index in [0.29, 0.717) is 5.75 Å². The van der Waals surface area contributed by atoms with Gasteiger partial charge in [-0.1, -0.05) is 30.3 Å². The summed E-state index contributed by atoms with van der Waals surface area (Å²) in [5.74, 6) is 0.620. The van der Waals surface area contributed by atoms with Crippen molar-refractivity contribution in [3.8, 4) is 0 Å². The smallest absolute Gasteiger partial charge is 0.0992 e. The lowest BCUT2D eigenvalue weighted by Crippen LogP contribution is -2.12. The van der Waals surface area contributed by atoms with Crippen LogP contribution in [0.2, 0.25) is 0 Å². The molecule has 0 saturated heterocycles. The highest BCUT2D eigenvalue weighted by Crippen LogP contribution is 2.38. The zero-order valence-electron chi connectivity index (χ0n) is 12.3. The van der Waals surface area contributed by atoms with Crippen LogP contribution < -0.4 is 0 Å². The van der Waals surface area contributed by atoms with Gasteiger partial charge < -0.3 is 4.90 Å². The third-order valence-corrected chi connectivity index (χ3v) is 6.40. The standard InChI is InChI=1S/C17H19NOS2/c1-18(2)10-5-8-15-14-7-4-3-6-13(14)12-21(19)17-16(15)9-11-20-17/h3-4,6-9,11H,5,10,12H2,1-2H3. The average molecular weight is 317 g/mol. The molecule has 0 saturated carbocycles. The molecular weight excluding hydrogens is 298 g/mol. The van der Waals surface area contributed by atoms with Crippen molar-refractivity contribution in [2.75, 3.05) is 20.6 Å². The van der Waals surface area contributed by atoms with Gasteiger partial charge in [0.1, 0.15) is 0 Å². The average Bonchev–Trinajstić information content (AvgIpc) is 2.90. The second kappa shape index (κ2) is 6.26. The van der Waals surface area contributed by atoms with Crippen molar-refractivity contribution >= 4 is 27.7 Å². The number of thiophene rings is 1. The number of hydrogen-bond donors (Lipinski definition) is 0. The molecule has 0 aliphatic carbocycles. The van der Waals surface area contributed by atoms with Gasteiger partial charge in [-0.2, -0.15) is 0 Å². The summed E-state index contributed by atoms with van der Waals surface area (Å²) >= 11 is 1.61. The van der Waals surface area contributed by atoms with E-state index in [-0.39, 0.29) is 0 Å². The summed E-state index contributed by atoms with van der Waals surface area (Å²) in [4.78, 5) is 2.19. The van der Waals surface area contributed by atoms with Crippen LogP contribution in [0.4, 0.5) is 0 Å². The Bertz CT molecular complexity index is 700. The van der Waals surface area contributed by atoms with E-state index in [1.54, 1.807) is 11.3 Å². The Morgan fingerprint density at radius 2 is 2.05 bits per heavy atom. The van der Waals surface area contributed by atoms with E-state index in [2.05, 4.69) is 54.7 Å².